The van der Waals surface area contributed by atoms with Crippen LogP contribution in [-0.2, 0) is 0 Å². The van der Waals surface area contributed by atoms with Crippen molar-refractivity contribution < 1.29 is 29.8 Å². The van der Waals surface area contributed by atoms with Crippen molar-refractivity contribution in [1.29, 1.82) is 0 Å². The highest BCUT2D eigenvalue weighted by Crippen LogP contribution is 1.97. The molecular formula is C36H84BN3O3. The first-order valence-corrected chi connectivity index (χ1v) is 18.5. The smallest absolute Gasteiger partial charge is 0.0847 e. The third-order valence-corrected chi connectivity index (χ3v) is 10.6. The summed E-state index contributed by atoms with van der Waals surface area (Å²) in [5, 5.41) is 25.2. The summed E-state index contributed by atoms with van der Waals surface area (Å²) in [7, 11) is -2.92. The van der Waals surface area contributed by atoms with Gasteiger partial charge in [-0.2, -0.15) is 0 Å². The highest BCUT2D eigenvalue weighted by Gasteiger charge is 2.27. The van der Waals surface area contributed by atoms with E-state index in [1.807, 2.05) is 0 Å². The van der Waals surface area contributed by atoms with Gasteiger partial charge >= 0.3 is 0 Å². The van der Waals surface area contributed by atoms with Gasteiger partial charge in [-0.3, -0.25) is 7.32 Å². The van der Waals surface area contributed by atoms with Gasteiger partial charge in [-0.05, 0) is 120 Å². The summed E-state index contributed by atoms with van der Waals surface area (Å²) >= 11 is 0. The molecule has 0 radical (unpaired) electrons. The summed E-state index contributed by atoms with van der Waals surface area (Å²) < 4.78 is 0. The Balaban J connectivity index is -0.000000249. The first kappa shape index (κ1) is 49.7. The minimum Gasteiger partial charge on any atom is -0.907 e. The van der Waals surface area contributed by atoms with Crippen LogP contribution in [0.5, 0.6) is 0 Å². The fourth-order valence-electron chi connectivity index (χ4n) is 6.49. The van der Waals surface area contributed by atoms with E-state index >= 15 is 0 Å². The molecule has 0 spiro atoms. The van der Waals surface area contributed by atoms with Gasteiger partial charge in [-0.25, -0.2) is 0 Å². The van der Waals surface area contributed by atoms with Crippen LogP contribution in [0.2, 0.25) is 0 Å². The van der Waals surface area contributed by atoms with Gasteiger partial charge in [0.05, 0.1) is 54.4 Å². The Kier molecular flexibility index (Phi) is 35.2. The Labute approximate surface area is 273 Å². The lowest BCUT2D eigenvalue weighted by Gasteiger charge is -2.35. The van der Waals surface area contributed by atoms with Crippen molar-refractivity contribution >= 4 is 7.32 Å². The first-order chi connectivity index (χ1) is 20.0. The SMILES string of the molecule is CCC(C)[NH+](C(C)CC)C(C)CC.CCC(C)[NH+](C(C)CC)C(C)CC.CCC(C)[NH+](C(C)CC)C(C)CC.[O-]B([O-])[O-]. The lowest BCUT2D eigenvalue weighted by Crippen LogP contribution is -3.21. The molecule has 0 aromatic rings. The van der Waals surface area contributed by atoms with Gasteiger partial charge in [-0.1, -0.05) is 62.3 Å². The van der Waals surface area contributed by atoms with Crippen molar-refractivity contribution in [3.63, 3.8) is 0 Å². The second-order valence-corrected chi connectivity index (χ2v) is 13.6. The van der Waals surface area contributed by atoms with E-state index < -0.39 is 7.32 Å². The van der Waals surface area contributed by atoms with E-state index in [0.717, 1.165) is 54.4 Å². The van der Waals surface area contributed by atoms with E-state index in [-0.39, 0.29) is 0 Å². The lowest BCUT2D eigenvalue weighted by molar-refractivity contribution is -0.968. The first-order valence-electron chi connectivity index (χ1n) is 18.5. The van der Waals surface area contributed by atoms with Crippen molar-refractivity contribution in [3.05, 3.63) is 0 Å². The Morgan fingerprint density at radius 1 is 0.302 bits per heavy atom. The molecule has 0 bridgehead atoms. The van der Waals surface area contributed by atoms with Crippen LogP contribution in [0.1, 0.15) is 182 Å². The van der Waals surface area contributed by atoms with E-state index in [4.69, 9.17) is 15.1 Å². The van der Waals surface area contributed by atoms with Gasteiger partial charge < -0.3 is 29.8 Å². The summed E-state index contributed by atoms with van der Waals surface area (Å²) in [4.78, 5) is 5.40. The molecule has 6 nitrogen and oxygen atoms in total. The molecule has 0 aliphatic rings. The van der Waals surface area contributed by atoms with Gasteiger partial charge in [-0.15, -0.1) is 0 Å². The van der Waals surface area contributed by atoms with Crippen molar-refractivity contribution in [2.75, 3.05) is 0 Å². The number of quaternary nitrogens is 3. The standard InChI is InChI=1S/3C12H27N.BO3/c3*1-7-10(4)13(11(5)8-2)12(6)9-3;2-1(3)4/h3*10-12H,7-9H2,1-6H3;/q;;;-3/p+3. The van der Waals surface area contributed by atoms with Crippen LogP contribution in [0.4, 0.5) is 0 Å². The quantitative estimate of drug-likeness (QED) is 0.207. The predicted molar refractivity (Wildman–Crippen MR) is 186 cm³/mol. The van der Waals surface area contributed by atoms with E-state index in [0.29, 0.717) is 0 Å². The highest BCUT2D eigenvalue weighted by molar-refractivity contribution is 6.24. The zero-order chi connectivity index (χ0) is 34.9. The van der Waals surface area contributed by atoms with Crippen LogP contribution >= 0.6 is 0 Å². The van der Waals surface area contributed by atoms with Gasteiger partial charge in [0, 0.05) is 0 Å². The number of hydrogen-bond acceptors (Lipinski definition) is 3. The largest absolute Gasteiger partial charge is 0.907 e. The summed E-state index contributed by atoms with van der Waals surface area (Å²) in [5.41, 5.74) is 0. The maximum Gasteiger partial charge on any atom is 0.0847 e. The highest BCUT2D eigenvalue weighted by atomic mass is 16.5. The Morgan fingerprint density at radius 2 is 0.372 bits per heavy atom. The third kappa shape index (κ3) is 22.9. The summed E-state index contributed by atoms with van der Waals surface area (Å²) in [6.07, 6.45) is 11.7. The minimum atomic E-state index is -2.92. The topological polar surface area (TPSA) is 82.5 Å². The van der Waals surface area contributed by atoms with Crippen LogP contribution in [0.15, 0.2) is 0 Å². The predicted octanol–water partition coefficient (Wildman–Crippen LogP) is 2.85. The number of hydrogen-bond donors (Lipinski definition) is 3. The lowest BCUT2D eigenvalue weighted by atomic mass is 10.1. The van der Waals surface area contributed by atoms with Crippen LogP contribution in [0.25, 0.3) is 0 Å². The molecular weight excluding hydrogens is 533 g/mol. The molecule has 0 aromatic carbocycles. The Morgan fingerprint density at radius 3 is 0.419 bits per heavy atom. The summed E-state index contributed by atoms with van der Waals surface area (Å²) in [6, 6.07) is 7.29. The van der Waals surface area contributed by atoms with E-state index in [2.05, 4.69) is 125 Å². The van der Waals surface area contributed by atoms with Gasteiger partial charge in [0.25, 0.3) is 0 Å². The molecule has 0 heterocycles. The average molecular weight is 618 g/mol. The molecule has 0 aliphatic heterocycles. The average Bonchev–Trinajstić information content (AvgIpc) is 3.00. The van der Waals surface area contributed by atoms with E-state index in [1.165, 1.54) is 57.8 Å². The molecule has 0 saturated carbocycles. The van der Waals surface area contributed by atoms with Crippen molar-refractivity contribution in [2.45, 2.75) is 237 Å². The number of rotatable bonds is 18. The zero-order valence-corrected chi connectivity index (χ0v) is 32.9. The molecule has 0 rings (SSSR count). The molecule has 7 heteroatoms. The Hall–Kier alpha value is -0.175. The number of nitrogens with one attached hydrogen (secondary N) is 3. The maximum absolute atomic E-state index is 8.42. The van der Waals surface area contributed by atoms with Crippen LogP contribution in [-0.4, -0.2) is 61.7 Å². The fourth-order valence-corrected chi connectivity index (χ4v) is 6.49. The van der Waals surface area contributed by atoms with Gasteiger partial charge in [0.15, 0.2) is 0 Å². The summed E-state index contributed by atoms with van der Waals surface area (Å²) in [6.45, 7) is 42.2. The van der Waals surface area contributed by atoms with E-state index in [1.54, 1.807) is 14.7 Å². The molecule has 43 heavy (non-hydrogen) atoms. The van der Waals surface area contributed by atoms with Crippen molar-refractivity contribution in [3.8, 4) is 0 Å². The molecule has 264 valence electrons. The van der Waals surface area contributed by atoms with Crippen LogP contribution in [0, 0.1) is 0 Å². The zero-order valence-electron chi connectivity index (χ0n) is 32.9. The molecule has 0 fully saturated rings. The van der Waals surface area contributed by atoms with Crippen LogP contribution < -0.4 is 29.8 Å². The van der Waals surface area contributed by atoms with Gasteiger partial charge in [0.1, 0.15) is 0 Å². The minimum absolute atomic E-state index is 0.810. The molecule has 0 aromatic heterocycles. The second kappa shape index (κ2) is 30.5. The van der Waals surface area contributed by atoms with Crippen molar-refractivity contribution in [1.82, 2.24) is 0 Å². The summed E-state index contributed by atoms with van der Waals surface area (Å²) in [5.74, 6) is 0. The second-order valence-electron chi connectivity index (χ2n) is 13.6. The van der Waals surface area contributed by atoms with E-state index in [9.17, 15) is 0 Å². The van der Waals surface area contributed by atoms with Gasteiger partial charge in [0.2, 0.25) is 0 Å². The molecule has 0 aliphatic carbocycles. The monoisotopic (exact) mass is 618 g/mol. The fraction of sp³-hybridized carbons (Fsp3) is 1.00. The Bertz CT molecular complexity index is 426. The van der Waals surface area contributed by atoms with Crippen molar-refractivity contribution in [2.24, 2.45) is 0 Å². The normalized spacial score (nSPS) is 19.5. The third-order valence-electron chi connectivity index (χ3n) is 10.6. The molecule has 0 saturated heterocycles. The molecule has 3 N–H and O–H groups in total. The molecule has 9 atom stereocenters. The maximum atomic E-state index is 8.42. The van der Waals surface area contributed by atoms with Crippen LogP contribution in [0.3, 0.4) is 0 Å². The molecule has 9 unspecified atom stereocenters. The molecule has 0 amide bonds.